The number of aliphatic carboxylic acids is 1. The molecular weight excluding hydrogens is 294 g/mol. The fourth-order valence-corrected chi connectivity index (χ4v) is 2.34. The highest BCUT2D eigenvalue weighted by atomic mass is 16.5. The molecule has 1 aromatic carbocycles. The highest BCUT2D eigenvalue weighted by molar-refractivity contribution is 5.95. The Morgan fingerprint density at radius 1 is 1.26 bits per heavy atom. The number of nitrogens with zero attached hydrogens (tertiary/aromatic N) is 1. The zero-order valence-corrected chi connectivity index (χ0v) is 14.2. The predicted octanol–water partition coefficient (Wildman–Crippen LogP) is 3.19. The molecule has 0 heterocycles. The lowest BCUT2D eigenvalue weighted by atomic mass is 10.1. The second-order valence-corrected chi connectivity index (χ2v) is 7.17. The van der Waals surface area contributed by atoms with E-state index in [4.69, 9.17) is 9.84 Å². The van der Waals surface area contributed by atoms with Crippen molar-refractivity contribution in [2.75, 3.05) is 6.54 Å². The molecule has 0 aliphatic heterocycles. The van der Waals surface area contributed by atoms with Crippen LogP contribution in [0.25, 0.3) is 0 Å². The summed E-state index contributed by atoms with van der Waals surface area (Å²) >= 11 is 0. The number of ether oxygens (including phenoxy) is 1. The first-order chi connectivity index (χ1) is 10.7. The molecule has 1 N–H and O–H groups in total. The highest BCUT2D eigenvalue weighted by Gasteiger charge is 2.34. The van der Waals surface area contributed by atoms with Gasteiger partial charge >= 0.3 is 5.97 Å². The van der Waals surface area contributed by atoms with Crippen LogP contribution >= 0.6 is 0 Å². The lowest BCUT2D eigenvalue weighted by molar-refractivity contribution is -0.141. The fraction of sp³-hybridized carbons (Fsp3) is 0.556. The molecule has 5 nitrogen and oxygen atoms in total. The molecule has 23 heavy (non-hydrogen) atoms. The third-order valence-corrected chi connectivity index (χ3v) is 3.67. The first-order valence-electron chi connectivity index (χ1n) is 8.00. The van der Waals surface area contributed by atoms with Crippen molar-refractivity contribution in [1.82, 2.24) is 4.90 Å². The summed E-state index contributed by atoms with van der Waals surface area (Å²) in [4.78, 5) is 25.4. The largest absolute Gasteiger partial charge is 0.488 e. The Morgan fingerprint density at radius 3 is 2.26 bits per heavy atom. The van der Waals surface area contributed by atoms with E-state index < -0.39 is 11.9 Å². The molecule has 2 rings (SSSR count). The number of carbonyl (C=O) groups is 2. The number of carbonyl (C=O) groups excluding carboxylic acids is 1. The Bertz CT molecular complexity index is 570. The minimum absolute atomic E-state index is 0.108. The van der Waals surface area contributed by atoms with Crippen LogP contribution in [0.5, 0.6) is 5.75 Å². The Hall–Kier alpha value is -2.04. The van der Waals surface area contributed by atoms with Gasteiger partial charge in [0.05, 0.1) is 5.92 Å². The van der Waals surface area contributed by atoms with Crippen LogP contribution in [-0.2, 0) is 4.79 Å². The third-order valence-electron chi connectivity index (χ3n) is 3.67. The topological polar surface area (TPSA) is 66.8 Å². The minimum atomic E-state index is -0.877. The summed E-state index contributed by atoms with van der Waals surface area (Å²) < 4.78 is 5.75. The van der Waals surface area contributed by atoms with Crippen LogP contribution in [-0.4, -0.2) is 40.1 Å². The molecule has 0 aromatic heterocycles. The maximum absolute atomic E-state index is 12.7. The summed E-state index contributed by atoms with van der Waals surface area (Å²) in [7, 11) is 0. The maximum atomic E-state index is 12.7. The molecule has 1 aromatic rings. The van der Waals surface area contributed by atoms with Crippen LogP contribution in [0, 0.1) is 5.92 Å². The van der Waals surface area contributed by atoms with Crippen molar-refractivity contribution < 1.29 is 19.4 Å². The average Bonchev–Trinajstić information content (AvgIpc) is 3.27. The lowest BCUT2D eigenvalue weighted by Crippen LogP contribution is -2.38. The molecule has 1 aliphatic carbocycles. The van der Waals surface area contributed by atoms with Crippen molar-refractivity contribution in [1.29, 1.82) is 0 Å². The zero-order valence-electron chi connectivity index (χ0n) is 14.2. The molecule has 1 unspecified atom stereocenters. The molecule has 5 heteroatoms. The Morgan fingerprint density at radius 2 is 1.83 bits per heavy atom. The zero-order chi connectivity index (χ0) is 17.2. The van der Waals surface area contributed by atoms with Crippen LogP contribution in [0.1, 0.15) is 50.9 Å². The summed E-state index contributed by atoms with van der Waals surface area (Å²) in [6.07, 6.45) is 1.90. The number of carboxylic acid groups (broad SMARTS) is 1. The molecule has 1 amide bonds. The van der Waals surface area contributed by atoms with Gasteiger partial charge in [0.1, 0.15) is 11.4 Å². The first kappa shape index (κ1) is 17.3. The molecule has 1 aliphatic rings. The maximum Gasteiger partial charge on any atom is 0.308 e. The van der Waals surface area contributed by atoms with Crippen LogP contribution in [0.15, 0.2) is 24.3 Å². The number of hydrogen-bond acceptors (Lipinski definition) is 3. The van der Waals surface area contributed by atoms with E-state index in [1.807, 2.05) is 20.8 Å². The van der Waals surface area contributed by atoms with Gasteiger partial charge in [-0.2, -0.15) is 0 Å². The van der Waals surface area contributed by atoms with E-state index in [0.29, 0.717) is 11.3 Å². The van der Waals surface area contributed by atoms with E-state index in [1.165, 1.54) is 0 Å². The molecule has 0 radical (unpaired) electrons. The Kier molecular flexibility index (Phi) is 4.97. The Balaban J connectivity index is 2.09. The summed E-state index contributed by atoms with van der Waals surface area (Å²) in [5.41, 5.74) is 0.276. The second-order valence-electron chi connectivity index (χ2n) is 7.17. The minimum Gasteiger partial charge on any atom is -0.488 e. The van der Waals surface area contributed by atoms with E-state index >= 15 is 0 Å². The van der Waals surface area contributed by atoms with E-state index in [9.17, 15) is 9.59 Å². The fourth-order valence-electron chi connectivity index (χ4n) is 2.34. The normalized spacial score (nSPS) is 15.8. The van der Waals surface area contributed by atoms with Crippen molar-refractivity contribution in [2.45, 2.75) is 52.2 Å². The van der Waals surface area contributed by atoms with E-state index in [0.717, 1.165) is 12.8 Å². The molecule has 0 saturated heterocycles. The molecular formula is C18H25NO4. The number of carboxylic acids is 1. The van der Waals surface area contributed by atoms with Gasteiger partial charge in [-0.25, -0.2) is 0 Å². The smallest absolute Gasteiger partial charge is 0.308 e. The molecule has 1 saturated carbocycles. The van der Waals surface area contributed by atoms with Crippen molar-refractivity contribution >= 4 is 11.9 Å². The molecule has 1 fully saturated rings. The SMILES string of the molecule is CC(CN(C(=O)c1ccc(OC(C)(C)C)cc1)C1CC1)C(=O)O. The van der Waals surface area contributed by atoms with Crippen molar-refractivity contribution in [3.8, 4) is 5.75 Å². The van der Waals surface area contributed by atoms with Crippen LogP contribution in [0.2, 0.25) is 0 Å². The molecule has 126 valence electrons. The van der Waals surface area contributed by atoms with Gasteiger partial charge in [-0.3, -0.25) is 9.59 Å². The van der Waals surface area contributed by atoms with Crippen molar-refractivity contribution in [3.63, 3.8) is 0 Å². The van der Waals surface area contributed by atoms with Gasteiger partial charge in [-0.05, 0) is 57.9 Å². The predicted molar refractivity (Wildman–Crippen MR) is 87.7 cm³/mol. The van der Waals surface area contributed by atoms with Gasteiger partial charge in [-0.1, -0.05) is 6.92 Å². The summed E-state index contributed by atoms with van der Waals surface area (Å²) in [6, 6.07) is 7.22. The van der Waals surface area contributed by atoms with Crippen molar-refractivity contribution in [3.05, 3.63) is 29.8 Å². The van der Waals surface area contributed by atoms with E-state index in [-0.39, 0.29) is 24.1 Å². The van der Waals surface area contributed by atoms with Crippen LogP contribution in [0.3, 0.4) is 0 Å². The Labute approximate surface area is 137 Å². The quantitative estimate of drug-likeness (QED) is 0.874. The van der Waals surface area contributed by atoms with Crippen molar-refractivity contribution in [2.24, 2.45) is 5.92 Å². The molecule has 0 bridgehead atoms. The standard InChI is InChI=1S/C18H25NO4/c1-12(17(21)22)11-19(14-7-8-14)16(20)13-5-9-15(10-6-13)23-18(2,3)4/h5-6,9-10,12,14H,7-8,11H2,1-4H3,(H,21,22). The second kappa shape index (κ2) is 6.60. The van der Waals surface area contributed by atoms with Gasteiger partial charge in [-0.15, -0.1) is 0 Å². The van der Waals surface area contributed by atoms with Gasteiger partial charge in [0, 0.05) is 18.2 Å². The first-order valence-corrected chi connectivity index (χ1v) is 8.00. The average molecular weight is 319 g/mol. The molecule has 0 spiro atoms. The van der Waals surface area contributed by atoms with Gasteiger partial charge < -0.3 is 14.7 Å². The van der Waals surface area contributed by atoms with Gasteiger partial charge in [0.25, 0.3) is 5.91 Å². The third kappa shape index (κ3) is 4.98. The van der Waals surface area contributed by atoms with Gasteiger partial charge in [0.2, 0.25) is 0 Å². The molecule has 1 atom stereocenters. The van der Waals surface area contributed by atoms with E-state index in [2.05, 4.69) is 0 Å². The van der Waals surface area contributed by atoms with Crippen LogP contribution < -0.4 is 4.74 Å². The number of hydrogen-bond donors (Lipinski definition) is 1. The number of rotatable bonds is 6. The summed E-state index contributed by atoms with van der Waals surface area (Å²) in [5, 5.41) is 9.08. The van der Waals surface area contributed by atoms with Gasteiger partial charge in [0.15, 0.2) is 0 Å². The highest BCUT2D eigenvalue weighted by Crippen LogP contribution is 2.29. The number of benzene rings is 1. The van der Waals surface area contributed by atoms with Crippen LogP contribution in [0.4, 0.5) is 0 Å². The lowest BCUT2D eigenvalue weighted by Gasteiger charge is -2.25. The number of amides is 1. The summed E-state index contributed by atoms with van der Waals surface area (Å²) in [5.74, 6) is -0.839. The summed E-state index contributed by atoms with van der Waals surface area (Å²) in [6.45, 7) is 7.78. The van der Waals surface area contributed by atoms with E-state index in [1.54, 1.807) is 36.1 Å². The monoisotopic (exact) mass is 319 g/mol.